The number of carbonyl (C=O) groups is 1. The maximum Gasteiger partial charge on any atom is 0.274 e. The molecule has 1 aromatic heterocycles. The molecule has 0 spiro atoms. The molecule has 7 heteroatoms. The molecule has 2 aromatic rings. The predicted octanol–water partition coefficient (Wildman–Crippen LogP) is 3.31. The summed E-state index contributed by atoms with van der Waals surface area (Å²) in [6, 6.07) is 7.80. The van der Waals surface area contributed by atoms with Crippen molar-refractivity contribution in [2.75, 3.05) is 5.32 Å². The van der Waals surface area contributed by atoms with Crippen LogP contribution in [-0.2, 0) is 0 Å². The molecule has 0 saturated carbocycles. The largest absolute Gasteiger partial charge is 0.321 e. The summed E-state index contributed by atoms with van der Waals surface area (Å²) in [5, 5.41) is 13.5. The molecule has 0 radical (unpaired) electrons. The molecule has 0 aliphatic heterocycles. The summed E-state index contributed by atoms with van der Waals surface area (Å²) in [6.45, 7) is 1.59. The monoisotopic (exact) mass is 335 g/mol. The molecule has 1 heterocycles. The highest BCUT2D eigenvalue weighted by atomic mass is 79.9. The molecule has 6 nitrogen and oxygen atoms in total. The molecule has 0 unspecified atom stereocenters. The van der Waals surface area contributed by atoms with Crippen LogP contribution in [0.25, 0.3) is 0 Å². The smallest absolute Gasteiger partial charge is 0.274 e. The number of nitrogens with zero attached hydrogens (tertiary/aromatic N) is 2. The minimum Gasteiger partial charge on any atom is -0.321 e. The standard InChI is InChI=1S/C13H10BrN3O3/c1-8-10(3-2-4-11(8)17(19)20)16-13(18)9-5-6-12(14)15-7-9/h2-7H,1H3,(H,16,18). The number of nitrogens with one attached hydrogen (secondary N) is 1. The van der Waals surface area contributed by atoms with E-state index in [9.17, 15) is 14.9 Å². The number of anilines is 1. The van der Waals surface area contributed by atoms with Crippen LogP contribution in [0.1, 0.15) is 15.9 Å². The number of carbonyl (C=O) groups excluding carboxylic acids is 1. The Hall–Kier alpha value is -2.28. The maximum absolute atomic E-state index is 12.0. The second-order valence-corrected chi connectivity index (χ2v) is 4.84. The number of pyridine rings is 1. The Kier molecular flexibility index (Phi) is 4.09. The third kappa shape index (κ3) is 3.00. The van der Waals surface area contributed by atoms with Gasteiger partial charge in [-0.2, -0.15) is 0 Å². The van der Waals surface area contributed by atoms with Crippen molar-refractivity contribution >= 4 is 33.2 Å². The van der Waals surface area contributed by atoms with Gasteiger partial charge in [0.2, 0.25) is 0 Å². The average molecular weight is 336 g/mol. The van der Waals surface area contributed by atoms with Gasteiger partial charge in [0, 0.05) is 12.3 Å². The molecule has 0 atom stereocenters. The molecule has 1 amide bonds. The normalized spacial score (nSPS) is 10.1. The zero-order valence-corrected chi connectivity index (χ0v) is 12.0. The Bertz CT molecular complexity index is 671. The van der Waals surface area contributed by atoms with Gasteiger partial charge < -0.3 is 5.32 Å². The van der Waals surface area contributed by atoms with E-state index in [2.05, 4.69) is 26.2 Å². The lowest BCUT2D eigenvalue weighted by atomic mass is 10.1. The van der Waals surface area contributed by atoms with Crippen LogP contribution >= 0.6 is 15.9 Å². The zero-order chi connectivity index (χ0) is 14.7. The number of nitro benzene ring substituents is 1. The highest BCUT2D eigenvalue weighted by molar-refractivity contribution is 9.10. The summed E-state index contributed by atoms with van der Waals surface area (Å²) < 4.78 is 0.626. The van der Waals surface area contributed by atoms with Crippen molar-refractivity contribution in [1.82, 2.24) is 4.98 Å². The van der Waals surface area contributed by atoms with Gasteiger partial charge in [-0.25, -0.2) is 4.98 Å². The van der Waals surface area contributed by atoms with Crippen LogP contribution < -0.4 is 5.32 Å². The molecule has 20 heavy (non-hydrogen) atoms. The molecule has 0 saturated heterocycles. The van der Waals surface area contributed by atoms with Crippen molar-refractivity contribution in [3.8, 4) is 0 Å². The fraction of sp³-hybridized carbons (Fsp3) is 0.0769. The number of nitro groups is 1. The highest BCUT2D eigenvalue weighted by Gasteiger charge is 2.15. The van der Waals surface area contributed by atoms with E-state index in [1.165, 1.54) is 18.3 Å². The zero-order valence-electron chi connectivity index (χ0n) is 10.5. The van der Waals surface area contributed by atoms with Crippen molar-refractivity contribution in [2.24, 2.45) is 0 Å². The summed E-state index contributed by atoms with van der Waals surface area (Å²) in [5.74, 6) is -0.367. The van der Waals surface area contributed by atoms with Gasteiger partial charge in [0.05, 0.1) is 21.7 Å². The highest BCUT2D eigenvalue weighted by Crippen LogP contribution is 2.25. The molecular formula is C13H10BrN3O3. The summed E-state index contributed by atoms with van der Waals surface area (Å²) >= 11 is 3.18. The van der Waals surface area contributed by atoms with Gasteiger partial charge in [0.1, 0.15) is 4.60 Å². The van der Waals surface area contributed by atoms with Crippen molar-refractivity contribution in [2.45, 2.75) is 6.92 Å². The Labute approximate surface area is 123 Å². The van der Waals surface area contributed by atoms with Gasteiger partial charge in [-0.3, -0.25) is 14.9 Å². The minimum absolute atomic E-state index is 0.0308. The van der Waals surface area contributed by atoms with Crippen LogP contribution in [0, 0.1) is 17.0 Å². The van der Waals surface area contributed by atoms with Crippen LogP contribution in [0.2, 0.25) is 0 Å². The number of aromatic nitrogens is 1. The molecular weight excluding hydrogens is 326 g/mol. The predicted molar refractivity (Wildman–Crippen MR) is 77.7 cm³/mol. The van der Waals surface area contributed by atoms with E-state index in [0.717, 1.165) is 0 Å². The lowest BCUT2D eigenvalue weighted by molar-refractivity contribution is -0.385. The third-order valence-electron chi connectivity index (χ3n) is 2.74. The minimum atomic E-state index is -0.480. The van der Waals surface area contributed by atoms with Crippen LogP contribution in [-0.4, -0.2) is 15.8 Å². The average Bonchev–Trinajstić information content (AvgIpc) is 2.41. The van der Waals surface area contributed by atoms with E-state index in [0.29, 0.717) is 21.4 Å². The van der Waals surface area contributed by atoms with Crippen molar-refractivity contribution in [3.63, 3.8) is 0 Å². The van der Waals surface area contributed by atoms with Crippen molar-refractivity contribution in [1.29, 1.82) is 0 Å². The first-order chi connectivity index (χ1) is 9.49. The van der Waals surface area contributed by atoms with E-state index in [1.807, 2.05) is 0 Å². The van der Waals surface area contributed by atoms with Crippen LogP contribution in [0.5, 0.6) is 0 Å². The van der Waals surface area contributed by atoms with E-state index in [-0.39, 0.29) is 11.6 Å². The van der Waals surface area contributed by atoms with Crippen LogP contribution in [0.3, 0.4) is 0 Å². The van der Waals surface area contributed by atoms with E-state index in [4.69, 9.17) is 0 Å². The fourth-order valence-corrected chi connectivity index (χ4v) is 1.90. The number of benzene rings is 1. The van der Waals surface area contributed by atoms with Gasteiger partial charge in [0.25, 0.3) is 11.6 Å². The molecule has 0 fully saturated rings. The van der Waals surface area contributed by atoms with Crippen LogP contribution in [0.4, 0.5) is 11.4 Å². The van der Waals surface area contributed by atoms with Gasteiger partial charge in [0.15, 0.2) is 0 Å². The lowest BCUT2D eigenvalue weighted by Crippen LogP contribution is -2.13. The topological polar surface area (TPSA) is 85.1 Å². The summed E-state index contributed by atoms with van der Waals surface area (Å²) in [5.41, 5.74) is 1.17. The third-order valence-corrected chi connectivity index (χ3v) is 3.21. The quantitative estimate of drug-likeness (QED) is 0.529. The molecule has 0 aliphatic rings. The Morgan fingerprint density at radius 1 is 1.35 bits per heavy atom. The van der Waals surface area contributed by atoms with Crippen molar-refractivity contribution in [3.05, 3.63) is 62.4 Å². The summed E-state index contributed by atoms with van der Waals surface area (Å²) in [6.07, 6.45) is 1.42. The SMILES string of the molecule is Cc1c(NC(=O)c2ccc(Br)nc2)cccc1[N+](=O)[O-]. The fourth-order valence-electron chi connectivity index (χ4n) is 1.66. The molecule has 0 aliphatic carbocycles. The second-order valence-electron chi connectivity index (χ2n) is 4.03. The molecule has 2 rings (SSSR count). The van der Waals surface area contributed by atoms with Gasteiger partial charge in [-0.15, -0.1) is 0 Å². The van der Waals surface area contributed by atoms with E-state index >= 15 is 0 Å². The Morgan fingerprint density at radius 3 is 2.70 bits per heavy atom. The first kappa shape index (κ1) is 14.1. The number of amides is 1. The summed E-state index contributed by atoms with van der Waals surface area (Å²) in [7, 11) is 0. The van der Waals surface area contributed by atoms with E-state index in [1.54, 1.807) is 25.1 Å². The first-order valence-electron chi connectivity index (χ1n) is 5.66. The van der Waals surface area contributed by atoms with E-state index < -0.39 is 4.92 Å². The van der Waals surface area contributed by atoms with Crippen molar-refractivity contribution < 1.29 is 9.72 Å². The molecule has 0 bridgehead atoms. The van der Waals surface area contributed by atoms with Gasteiger partial charge in [-0.05, 0) is 41.1 Å². The number of hydrogen-bond donors (Lipinski definition) is 1. The number of hydrogen-bond acceptors (Lipinski definition) is 4. The van der Waals surface area contributed by atoms with Crippen LogP contribution in [0.15, 0.2) is 41.1 Å². The maximum atomic E-state index is 12.0. The number of halogens is 1. The lowest BCUT2D eigenvalue weighted by Gasteiger charge is -2.08. The number of rotatable bonds is 3. The molecule has 102 valence electrons. The second kappa shape index (κ2) is 5.79. The Balaban J connectivity index is 2.26. The Morgan fingerprint density at radius 2 is 2.10 bits per heavy atom. The van der Waals surface area contributed by atoms with Gasteiger partial charge in [-0.1, -0.05) is 6.07 Å². The van der Waals surface area contributed by atoms with Gasteiger partial charge >= 0.3 is 0 Å². The first-order valence-corrected chi connectivity index (χ1v) is 6.45. The molecule has 1 aromatic carbocycles. The molecule has 1 N–H and O–H groups in total. The summed E-state index contributed by atoms with van der Waals surface area (Å²) in [4.78, 5) is 26.3.